The van der Waals surface area contributed by atoms with Gasteiger partial charge in [-0.05, 0) is 55.8 Å². The van der Waals surface area contributed by atoms with Crippen LogP contribution in [0.3, 0.4) is 0 Å². The van der Waals surface area contributed by atoms with Gasteiger partial charge in [0.05, 0.1) is 5.69 Å². The summed E-state index contributed by atoms with van der Waals surface area (Å²) in [7, 11) is 0. The number of piperidine rings is 1. The Balaban J connectivity index is 2.12. The van der Waals surface area contributed by atoms with E-state index < -0.39 is 0 Å². The van der Waals surface area contributed by atoms with E-state index in [9.17, 15) is 4.39 Å². The number of nitrogens with zero attached hydrogens (tertiary/aromatic N) is 1. The van der Waals surface area contributed by atoms with Gasteiger partial charge in [-0.1, -0.05) is 26.8 Å². The van der Waals surface area contributed by atoms with E-state index >= 15 is 0 Å². The number of anilines is 1. The molecule has 1 aliphatic rings. The summed E-state index contributed by atoms with van der Waals surface area (Å²) in [6, 6.07) is 5.92. The van der Waals surface area contributed by atoms with Gasteiger partial charge in [0, 0.05) is 19.1 Å². The Kier molecular flexibility index (Phi) is 5.26. The van der Waals surface area contributed by atoms with E-state index in [1.165, 1.54) is 6.42 Å². The average molecular weight is 292 g/mol. The molecule has 0 radical (unpaired) electrons. The molecule has 21 heavy (non-hydrogen) atoms. The lowest BCUT2D eigenvalue weighted by Crippen LogP contribution is -2.40. The van der Waals surface area contributed by atoms with Gasteiger partial charge in [-0.3, -0.25) is 0 Å². The normalized spacial score (nSPS) is 19.6. The van der Waals surface area contributed by atoms with Crippen LogP contribution in [0.2, 0.25) is 0 Å². The topological polar surface area (TPSA) is 15.3 Å². The van der Waals surface area contributed by atoms with Crippen LogP contribution in [0.15, 0.2) is 18.2 Å². The fourth-order valence-corrected chi connectivity index (χ4v) is 3.16. The molecule has 0 spiro atoms. The van der Waals surface area contributed by atoms with E-state index in [-0.39, 0.29) is 17.3 Å². The Morgan fingerprint density at radius 1 is 1.38 bits per heavy atom. The Morgan fingerprint density at radius 3 is 2.76 bits per heavy atom. The Morgan fingerprint density at radius 2 is 2.14 bits per heavy atom. The molecule has 0 aliphatic carbocycles. The molecule has 1 heterocycles. The molecule has 1 fully saturated rings. The van der Waals surface area contributed by atoms with E-state index in [4.69, 9.17) is 0 Å². The molecule has 0 aromatic heterocycles. The van der Waals surface area contributed by atoms with Gasteiger partial charge in [0.1, 0.15) is 5.82 Å². The van der Waals surface area contributed by atoms with Gasteiger partial charge in [-0.25, -0.2) is 4.39 Å². The fourth-order valence-electron chi connectivity index (χ4n) is 3.16. The minimum atomic E-state index is -0.0876. The highest BCUT2D eigenvalue weighted by atomic mass is 19.1. The fraction of sp³-hybridized carbons (Fsp3) is 0.667. The maximum absolute atomic E-state index is 14.5. The van der Waals surface area contributed by atoms with Crippen molar-refractivity contribution < 1.29 is 4.39 Å². The number of halogens is 1. The van der Waals surface area contributed by atoms with Gasteiger partial charge >= 0.3 is 0 Å². The zero-order chi connectivity index (χ0) is 15.5. The highest BCUT2D eigenvalue weighted by Gasteiger charge is 2.27. The minimum absolute atomic E-state index is 0.0876. The largest absolute Gasteiger partial charge is 0.369 e. The van der Waals surface area contributed by atoms with Crippen molar-refractivity contribution in [3.63, 3.8) is 0 Å². The molecule has 1 aromatic carbocycles. The van der Waals surface area contributed by atoms with Crippen LogP contribution in [-0.4, -0.2) is 19.6 Å². The molecule has 0 bridgehead atoms. The summed E-state index contributed by atoms with van der Waals surface area (Å²) < 4.78 is 14.5. The Hall–Kier alpha value is -1.09. The van der Waals surface area contributed by atoms with Gasteiger partial charge < -0.3 is 10.2 Å². The van der Waals surface area contributed by atoms with Crippen molar-refractivity contribution in [1.29, 1.82) is 0 Å². The highest BCUT2D eigenvalue weighted by Crippen LogP contribution is 2.33. The summed E-state index contributed by atoms with van der Waals surface area (Å²) >= 11 is 0. The minimum Gasteiger partial charge on any atom is -0.369 e. The third-order valence-corrected chi connectivity index (χ3v) is 4.41. The van der Waals surface area contributed by atoms with Gasteiger partial charge in [-0.15, -0.1) is 0 Å². The summed E-state index contributed by atoms with van der Waals surface area (Å²) in [5.74, 6) is -0.0876. The van der Waals surface area contributed by atoms with Crippen LogP contribution in [0.5, 0.6) is 0 Å². The van der Waals surface area contributed by atoms with Crippen molar-refractivity contribution >= 4 is 5.69 Å². The zero-order valence-corrected chi connectivity index (χ0v) is 13.9. The van der Waals surface area contributed by atoms with Gasteiger partial charge in [0.2, 0.25) is 0 Å². The zero-order valence-electron chi connectivity index (χ0n) is 13.9. The molecule has 1 aromatic rings. The van der Waals surface area contributed by atoms with Crippen LogP contribution in [0.25, 0.3) is 0 Å². The molecule has 1 aliphatic heterocycles. The number of rotatable bonds is 5. The second-order valence-corrected chi connectivity index (χ2v) is 7.08. The lowest BCUT2D eigenvalue weighted by atomic mass is 9.84. The first-order chi connectivity index (χ1) is 9.93. The van der Waals surface area contributed by atoms with Crippen molar-refractivity contribution in [3.05, 3.63) is 29.6 Å². The predicted octanol–water partition coefficient (Wildman–Crippen LogP) is 4.51. The van der Waals surface area contributed by atoms with Gasteiger partial charge in [0.25, 0.3) is 0 Å². The van der Waals surface area contributed by atoms with Crippen molar-refractivity contribution in [3.8, 4) is 0 Å². The van der Waals surface area contributed by atoms with E-state index in [1.807, 2.05) is 6.07 Å². The SMILES string of the molecule is CCCNC(C)c1ccc(N2CCCC(C)(C)C2)c(F)c1. The summed E-state index contributed by atoms with van der Waals surface area (Å²) in [4.78, 5) is 2.20. The van der Waals surface area contributed by atoms with Gasteiger partial charge in [0.15, 0.2) is 0 Å². The Labute approximate surface area is 128 Å². The molecule has 2 nitrogen and oxygen atoms in total. The van der Waals surface area contributed by atoms with Crippen molar-refractivity contribution in [1.82, 2.24) is 5.32 Å². The quantitative estimate of drug-likeness (QED) is 0.859. The lowest BCUT2D eigenvalue weighted by Gasteiger charge is -2.39. The number of nitrogens with one attached hydrogen (secondary N) is 1. The van der Waals surface area contributed by atoms with Crippen molar-refractivity contribution in [2.24, 2.45) is 5.41 Å². The van der Waals surface area contributed by atoms with Crippen LogP contribution in [0, 0.1) is 11.2 Å². The number of hydrogen-bond donors (Lipinski definition) is 1. The third kappa shape index (κ3) is 4.19. The first-order valence-corrected chi connectivity index (χ1v) is 8.21. The van der Waals surface area contributed by atoms with Crippen LogP contribution in [0.4, 0.5) is 10.1 Å². The lowest BCUT2D eigenvalue weighted by molar-refractivity contribution is 0.292. The van der Waals surface area contributed by atoms with E-state index in [0.717, 1.165) is 43.7 Å². The van der Waals surface area contributed by atoms with Crippen molar-refractivity contribution in [2.45, 2.75) is 53.0 Å². The number of benzene rings is 1. The summed E-state index contributed by atoms with van der Waals surface area (Å²) in [6.45, 7) is 11.6. The summed E-state index contributed by atoms with van der Waals surface area (Å²) in [5, 5.41) is 3.41. The summed E-state index contributed by atoms with van der Waals surface area (Å²) in [6.07, 6.45) is 3.46. The second-order valence-electron chi connectivity index (χ2n) is 7.08. The molecular weight excluding hydrogens is 263 g/mol. The third-order valence-electron chi connectivity index (χ3n) is 4.41. The van der Waals surface area contributed by atoms with E-state index in [0.29, 0.717) is 0 Å². The van der Waals surface area contributed by atoms with E-state index in [2.05, 4.69) is 44.0 Å². The monoisotopic (exact) mass is 292 g/mol. The van der Waals surface area contributed by atoms with E-state index in [1.54, 1.807) is 6.07 Å². The standard InChI is InChI=1S/C18H29FN2/c1-5-10-20-14(2)15-7-8-17(16(19)12-15)21-11-6-9-18(3,4)13-21/h7-8,12,14,20H,5-6,9-11,13H2,1-4H3. The Bertz CT molecular complexity index is 470. The van der Waals surface area contributed by atoms with Crippen LogP contribution >= 0.6 is 0 Å². The molecule has 1 N–H and O–H groups in total. The molecule has 1 unspecified atom stereocenters. The maximum atomic E-state index is 14.5. The molecule has 1 saturated heterocycles. The van der Waals surface area contributed by atoms with Crippen LogP contribution in [0.1, 0.15) is 58.6 Å². The molecule has 1 atom stereocenters. The molecule has 0 saturated carbocycles. The smallest absolute Gasteiger partial charge is 0.146 e. The molecule has 3 heteroatoms. The molecule has 0 amide bonds. The highest BCUT2D eigenvalue weighted by molar-refractivity contribution is 5.50. The van der Waals surface area contributed by atoms with Crippen LogP contribution < -0.4 is 10.2 Å². The van der Waals surface area contributed by atoms with Gasteiger partial charge in [-0.2, -0.15) is 0 Å². The predicted molar refractivity (Wildman–Crippen MR) is 88.3 cm³/mol. The van der Waals surface area contributed by atoms with Crippen LogP contribution in [-0.2, 0) is 0 Å². The first-order valence-electron chi connectivity index (χ1n) is 8.21. The number of hydrogen-bond acceptors (Lipinski definition) is 2. The maximum Gasteiger partial charge on any atom is 0.146 e. The van der Waals surface area contributed by atoms with Crippen molar-refractivity contribution in [2.75, 3.05) is 24.5 Å². The average Bonchev–Trinajstić information content (AvgIpc) is 2.43. The molecule has 118 valence electrons. The first kappa shape index (κ1) is 16.3. The molecule has 2 rings (SSSR count). The second kappa shape index (κ2) is 6.78. The summed E-state index contributed by atoms with van der Waals surface area (Å²) in [5.41, 5.74) is 2.06. The molecular formula is C18H29FN2.